The van der Waals surface area contributed by atoms with Gasteiger partial charge < -0.3 is 9.42 Å². The highest BCUT2D eigenvalue weighted by Gasteiger charge is 2.35. The Hall–Kier alpha value is -2.37. The third-order valence-electron chi connectivity index (χ3n) is 4.55. The van der Waals surface area contributed by atoms with Gasteiger partial charge in [0.1, 0.15) is 0 Å². The van der Waals surface area contributed by atoms with E-state index in [2.05, 4.69) is 10.1 Å². The smallest absolute Gasteiger partial charge is 0.232 e. The summed E-state index contributed by atoms with van der Waals surface area (Å²) in [5, 5.41) is 5.32. The minimum Gasteiger partial charge on any atom is -0.339 e. The van der Waals surface area contributed by atoms with Gasteiger partial charge in [0.2, 0.25) is 17.6 Å². The van der Waals surface area contributed by atoms with Gasteiger partial charge in [-0.2, -0.15) is 4.98 Å². The number of carbonyl (C=O) groups is 1. The van der Waals surface area contributed by atoms with Crippen LogP contribution in [0.4, 0.5) is 5.69 Å². The zero-order chi connectivity index (χ0) is 18.3. The van der Waals surface area contributed by atoms with Gasteiger partial charge >= 0.3 is 0 Å². The van der Waals surface area contributed by atoms with Gasteiger partial charge in [-0.05, 0) is 48.9 Å². The molecule has 0 aliphatic carbocycles. The maximum atomic E-state index is 12.5. The van der Waals surface area contributed by atoms with E-state index in [9.17, 15) is 4.79 Å². The number of carbonyl (C=O) groups excluding carboxylic acids is 1. The van der Waals surface area contributed by atoms with Crippen molar-refractivity contribution in [3.05, 3.63) is 64.0 Å². The molecular weight excluding hydrogens is 373 g/mol. The third kappa shape index (κ3) is 3.08. The first-order valence-corrected chi connectivity index (χ1v) is 8.93. The highest BCUT2D eigenvalue weighted by Crippen LogP contribution is 2.35. The predicted octanol–water partition coefficient (Wildman–Crippen LogP) is 4.87. The Morgan fingerprint density at radius 2 is 1.92 bits per heavy atom. The molecule has 1 aliphatic heterocycles. The van der Waals surface area contributed by atoms with Crippen LogP contribution in [0.3, 0.4) is 0 Å². The Morgan fingerprint density at radius 3 is 2.69 bits per heavy atom. The molecule has 4 rings (SSSR count). The number of amides is 1. The molecule has 0 spiro atoms. The number of hydrogen-bond acceptors (Lipinski definition) is 4. The van der Waals surface area contributed by atoms with Gasteiger partial charge in [-0.25, -0.2) is 0 Å². The maximum absolute atomic E-state index is 12.5. The lowest BCUT2D eigenvalue weighted by molar-refractivity contribution is -0.117. The average Bonchev–Trinajstić information content (AvgIpc) is 3.25. The zero-order valence-corrected chi connectivity index (χ0v) is 15.5. The van der Waals surface area contributed by atoms with Crippen molar-refractivity contribution >= 4 is 34.8 Å². The van der Waals surface area contributed by atoms with Gasteiger partial charge in [-0.15, -0.1) is 0 Å². The molecule has 0 N–H and O–H groups in total. The molecule has 2 heterocycles. The van der Waals surface area contributed by atoms with Crippen molar-refractivity contribution in [3.8, 4) is 11.4 Å². The maximum Gasteiger partial charge on any atom is 0.232 e. The van der Waals surface area contributed by atoms with Gasteiger partial charge in [0.25, 0.3) is 0 Å². The van der Waals surface area contributed by atoms with Crippen molar-refractivity contribution in [1.82, 2.24) is 10.1 Å². The fourth-order valence-electron chi connectivity index (χ4n) is 3.11. The molecule has 1 aliphatic rings. The van der Waals surface area contributed by atoms with E-state index in [1.165, 1.54) is 0 Å². The number of rotatable bonds is 3. The average molecular weight is 388 g/mol. The summed E-state index contributed by atoms with van der Waals surface area (Å²) in [4.78, 5) is 18.7. The molecule has 1 amide bonds. The van der Waals surface area contributed by atoms with Crippen LogP contribution in [0.25, 0.3) is 11.4 Å². The molecule has 0 radical (unpaired) electrons. The second-order valence-electron chi connectivity index (χ2n) is 6.25. The van der Waals surface area contributed by atoms with E-state index in [0.29, 0.717) is 34.7 Å². The first-order chi connectivity index (χ1) is 12.5. The van der Waals surface area contributed by atoms with E-state index in [-0.39, 0.29) is 11.8 Å². The molecule has 132 valence electrons. The summed E-state index contributed by atoms with van der Waals surface area (Å²) in [6.45, 7) is 2.39. The first kappa shape index (κ1) is 17.1. The number of halogens is 2. The Labute approximate surface area is 160 Å². The molecule has 7 heteroatoms. The van der Waals surface area contributed by atoms with Gasteiger partial charge in [0.05, 0.1) is 5.92 Å². The molecule has 1 atom stereocenters. The highest BCUT2D eigenvalue weighted by atomic mass is 35.5. The Kier molecular flexibility index (Phi) is 4.42. The van der Waals surface area contributed by atoms with E-state index in [0.717, 1.165) is 16.8 Å². The Morgan fingerprint density at radius 1 is 1.15 bits per heavy atom. The van der Waals surface area contributed by atoms with Crippen LogP contribution in [0.5, 0.6) is 0 Å². The Bertz CT molecular complexity index is 969. The normalized spacial score (nSPS) is 17.1. The zero-order valence-electron chi connectivity index (χ0n) is 13.9. The summed E-state index contributed by atoms with van der Waals surface area (Å²) in [7, 11) is 0. The van der Waals surface area contributed by atoms with E-state index < -0.39 is 0 Å². The summed E-state index contributed by atoms with van der Waals surface area (Å²) in [5.74, 6) is 0.827. The molecule has 3 aromatic rings. The summed E-state index contributed by atoms with van der Waals surface area (Å²) >= 11 is 12.1. The molecule has 0 saturated carbocycles. The topological polar surface area (TPSA) is 59.2 Å². The monoisotopic (exact) mass is 387 g/mol. The van der Waals surface area contributed by atoms with Gasteiger partial charge in [0, 0.05) is 34.3 Å². The molecular formula is C19H15Cl2N3O2. The fraction of sp³-hybridized carbons (Fsp3) is 0.211. The predicted molar refractivity (Wildman–Crippen MR) is 101 cm³/mol. The summed E-state index contributed by atoms with van der Waals surface area (Å²) in [6.07, 6.45) is 0.328. The lowest BCUT2D eigenvalue weighted by Crippen LogP contribution is -2.25. The Balaban J connectivity index is 1.58. The second-order valence-corrected chi connectivity index (χ2v) is 7.10. The second kappa shape index (κ2) is 6.74. The van der Waals surface area contributed by atoms with Crippen LogP contribution in [0.15, 0.2) is 47.0 Å². The third-order valence-corrected chi connectivity index (χ3v) is 5.21. The SMILES string of the molecule is Cc1c(Cl)cccc1N1CC(c2nc(-c3ccc(Cl)cc3)no2)CC1=O. The summed E-state index contributed by atoms with van der Waals surface area (Å²) < 4.78 is 5.42. The molecule has 1 unspecified atom stereocenters. The quantitative estimate of drug-likeness (QED) is 0.642. The number of nitrogens with zero attached hydrogens (tertiary/aromatic N) is 3. The van der Waals surface area contributed by atoms with Crippen LogP contribution >= 0.6 is 23.2 Å². The van der Waals surface area contributed by atoms with Crippen LogP contribution in [-0.2, 0) is 4.79 Å². The molecule has 26 heavy (non-hydrogen) atoms. The minimum absolute atomic E-state index is 0.0200. The molecule has 2 aromatic carbocycles. The summed E-state index contributed by atoms with van der Waals surface area (Å²) in [6, 6.07) is 12.8. The van der Waals surface area contributed by atoms with Gasteiger partial charge in [-0.1, -0.05) is 34.4 Å². The molecule has 1 saturated heterocycles. The van der Waals surface area contributed by atoms with Crippen LogP contribution in [-0.4, -0.2) is 22.6 Å². The van der Waals surface area contributed by atoms with E-state index in [4.69, 9.17) is 27.7 Å². The molecule has 1 fully saturated rings. The highest BCUT2D eigenvalue weighted by molar-refractivity contribution is 6.31. The largest absolute Gasteiger partial charge is 0.339 e. The van der Waals surface area contributed by atoms with Crippen molar-refractivity contribution in [1.29, 1.82) is 0 Å². The number of benzene rings is 2. The first-order valence-electron chi connectivity index (χ1n) is 8.18. The van der Waals surface area contributed by atoms with E-state index >= 15 is 0 Å². The molecule has 0 bridgehead atoms. The summed E-state index contributed by atoms with van der Waals surface area (Å²) in [5.41, 5.74) is 2.52. The van der Waals surface area contributed by atoms with Crippen molar-refractivity contribution in [2.24, 2.45) is 0 Å². The van der Waals surface area contributed by atoms with E-state index in [1.54, 1.807) is 17.0 Å². The van der Waals surface area contributed by atoms with Crippen LogP contribution in [0, 0.1) is 6.92 Å². The lowest BCUT2D eigenvalue weighted by atomic mass is 10.1. The van der Waals surface area contributed by atoms with Crippen molar-refractivity contribution in [3.63, 3.8) is 0 Å². The standard InChI is InChI=1S/C19H15Cl2N3O2/c1-11-15(21)3-2-4-16(11)24-10-13(9-17(24)25)19-22-18(23-26-19)12-5-7-14(20)8-6-12/h2-8,13H,9-10H2,1H3. The minimum atomic E-state index is -0.144. The lowest BCUT2D eigenvalue weighted by Gasteiger charge is -2.19. The van der Waals surface area contributed by atoms with Crippen molar-refractivity contribution in [2.45, 2.75) is 19.3 Å². The van der Waals surface area contributed by atoms with Crippen molar-refractivity contribution in [2.75, 3.05) is 11.4 Å². The van der Waals surface area contributed by atoms with Crippen LogP contribution in [0.1, 0.15) is 23.8 Å². The van der Waals surface area contributed by atoms with Gasteiger partial charge in [-0.3, -0.25) is 4.79 Å². The molecule has 5 nitrogen and oxygen atoms in total. The number of anilines is 1. The van der Waals surface area contributed by atoms with Crippen LogP contribution < -0.4 is 4.90 Å². The molecule has 1 aromatic heterocycles. The van der Waals surface area contributed by atoms with Crippen LogP contribution in [0.2, 0.25) is 10.0 Å². The van der Waals surface area contributed by atoms with E-state index in [1.807, 2.05) is 37.3 Å². The number of aromatic nitrogens is 2. The van der Waals surface area contributed by atoms with Crippen molar-refractivity contribution < 1.29 is 9.32 Å². The van der Waals surface area contributed by atoms with Gasteiger partial charge in [0.15, 0.2) is 0 Å². The number of hydrogen-bond donors (Lipinski definition) is 0. The fourth-order valence-corrected chi connectivity index (χ4v) is 3.41.